The van der Waals surface area contributed by atoms with E-state index in [1.807, 2.05) is 0 Å². The molecule has 0 aromatic heterocycles. The van der Waals surface area contributed by atoms with Crippen LogP contribution in [0.5, 0.6) is 11.5 Å². The van der Waals surface area contributed by atoms with Crippen molar-refractivity contribution < 1.29 is 19.2 Å². The standard InChI is InChI=1S/C19H29N3O3/c1-4-13-12-22-6-5-14(13)7-16(22)11-20-19(23)21-15-8-17(24-2)10-18(9-15)25-3/h8-10,13-14,16H,4-7,11-12H2,1-3H3,(H2,20,21,23)/p+1/t13-,14-,16+/m0/s1. The summed E-state index contributed by atoms with van der Waals surface area (Å²) >= 11 is 0. The number of carbonyl (C=O) groups excluding carboxylic acids is 1. The summed E-state index contributed by atoms with van der Waals surface area (Å²) in [5, 5.41) is 5.92. The Morgan fingerprint density at radius 2 is 1.96 bits per heavy atom. The Balaban J connectivity index is 1.52. The van der Waals surface area contributed by atoms with Crippen molar-refractivity contribution in [1.29, 1.82) is 0 Å². The number of ether oxygens (including phenoxy) is 2. The number of piperidine rings is 3. The minimum Gasteiger partial charge on any atom is -0.497 e. The van der Waals surface area contributed by atoms with E-state index in [0.29, 0.717) is 23.2 Å². The fourth-order valence-electron chi connectivity index (χ4n) is 4.40. The van der Waals surface area contributed by atoms with Crippen LogP contribution in [-0.2, 0) is 0 Å². The number of urea groups is 1. The molecule has 2 amide bonds. The van der Waals surface area contributed by atoms with Crippen molar-refractivity contribution in [3.63, 3.8) is 0 Å². The van der Waals surface area contributed by atoms with Gasteiger partial charge in [0.2, 0.25) is 0 Å². The number of quaternary nitrogens is 1. The summed E-state index contributed by atoms with van der Waals surface area (Å²) in [7, 11) is 3.19. The molecule has 6 heteroatoms. The van der Waals surface area contributed by atoms with E-state index >= 15 is 0 Å². The van der Waals surface area contributed by atoms with Gasteiger partial charge in [-0.05, 0) is 12.3 Å². The zero-order chi connectivity index (χ0) is 17.8. The van der Waals surface area contributed by atoms with Gasteiger partial charge in [-0.25, -0.2) is 4.79 Å². The number of benzene rings is 1. The van der Waals surface area contributed by atoms with Crippen LogP contribution in [0.2, 0.25) is 0 Å². The quantitative estimate of drug-likeness (QED) is 0.730. The maximum absolute atomic E-state index is 12.3. The number of methoxy groups -OCH3 is 2. The summed E-state index contributed by atoms with van der Waals surface area (Å²) in [4.78, 5) is 13.9. The van der Waals surface area contributed by atoms with Gasteiger partial charge in [-0.2, -0.15) is 0 Å². The average molecular weight is 348 g/mol. The average Bonchev–Trinajstić information content (AvgIpc) is 2.66. The third-order valence-corrected chi connectivity index (χ3v) is 5.83. The molecule has 3 heterocycles. The second kappa shape index (κ2) is 7.95. The number of nitrogens with one attached hydrogen (secondary N) is 3. The maximum atomic E-state index is 12.3. The molecule has 3 aliphatic heterocycles. The Hall–Kier alpha value is -1.95. The second-order valence-electron chi connectivity index (χ2n) is 7.20. The Kier molecular flexibility index (Phi) is 5.68. The van der Waals surface area contributed by atoms with E-state index < -0.39 is 0 Å². The zero-order valence-corrected chi connectivity index (χ0v) is 15.4. The summed E-state index contributed by atoms with van der Waals surface area (Å²) in [5.74, 6) is 3.03. The van der Waals surface area contributed by atoms with Crippen molar-refractivity contribution in [2.24, 2.45) is 11.8 Å². The maximum Gasteiger partial charge on any atom is 0.319 e. The smallest absolute Gasteiger partial charge is 0.319 e. The topological polar surface area (TPSA) is 64.0 Å². The molecule has 0 radical (unpaired) electrons. The van der Waals surface area contributed by atoms with E-state index in [-0.39, 0.29) is 6.03 Å². The highest BCUT2D eigenvalue weighted by Crippen LogP contribution is 2.29. The van der Waals surface area contributed by atoms with Crippen molar-refractivity contribution in [1.82, 2.24) is 5.32 Å². The second-order valence-corrected chi connectivity index (χ2v) is 7.20. The molecule has 3 fully saturated rings. The van der Waals surface area contributed by atoms with Gasteiger partial charge < -0.3 is 25.0 Å². The first-order chi connectivity index (χ1) is 12.1. The molecule has 0 spiro atoms. The molecule has 4 atom stereocenters. The van der Waals surface area contributed by atoms with Crippen LogP contribution in [0.1, 0.15) is 26.2 Å². The first-order valence-electron chi connectivity index (χ1n) is 9.25. The molecule has 2 bridgehead atoms. The van der Waals surface area contributed by atoms with Crippen LogP contribution in [0.3, 0.4) is 0 Å². The summed E-state index contributed by atoms with van der Waals surface area (Å²) in [6.45, 7) is 5.55. The number of hydrogen-bond acceptors (Lipinski definition) is 3. The predicted octanol–water partition coefficient (Wildman–Crippen LogP) is 1.53. The molecule has 1 aromatic rings. The number of fused-ring (bicyclic) bond motifs is 3. The molecule has 0 aliphatic carbocycles. The zero-order valence-electron chi connectivity index (χ0n) is 15.4. The summed E-state index contributed by atoms with van der Waals surface area (Å²) in [6.07, 6.45) is 3.87. The van der Waals surface area contributed by atoms with E-state index in [1.54, 1.807) is 37.3 Å². The molecule has 4 rings (SSSR count). The van der Waals surface area contributed by atoms with Crippen molar-refractivity contribution in [2.75, 3.05) is 39.2 Å². The lowest BCUT2D eigenvalue weighted by molar-refractivity contribution is -0.945. The van der Waals surface area contributed by atoms with Gasteiger partial charge in [0.05, 0.1) is 33.9 Å². The molecular formula is C19H30N3O3+. The highest BCUT2D eigenvalue weighted by molar-refractivity contribution is 5.89. The minimum absolute atomic E-state index is 0.176. The van der Waals surface area contributed by atoms with Crippen molar-refractivity contribution >= 4 is 11.7 Å². The normalized spacial score (nSPS) is 27.6. The van der Waals surface area contributed by atoms with Gasteiger partial charge in [0.1, 0.15) is 17.5 Å². The lowest BCUT2D eigenvalue weighted by Crippen LogP contribution is -3.20. The van der Waals surface area contributed by atoms with Crippen LogP contribution in [0.25, 0.3) is 0 Å². The molecule has 1 aromatic carbocycles. The third-order valence-electron chi connectivity index (χ3n) is 5.83. The molecule has 3 aliphatic rings. The van der Waals surface area contributed by atoms with Gasteiger partial charge >= 0.3 is 6.03 Å². The number of anilines is 1. The largest absolute Gasteiger partial charge is 0.497 e. The Bertz CT molecular complexity index is 585. The molecule has 1 unspecified atom stereocenters. The summed E-state index contributed by atoms with van der Waals surface area (Å²) in [6, 6.07) is 5.72. The van der Waals surface area contributed by atoms with E-state index in [4.69, 9.17) is 9.47 Å². The first-order valence-corrected chi connectivity index (χ1v) is 9.25. The summed E-state index contributed by atoms with van der Waals surface area (Å²) < 4.78 is 10.5. The Morgan fingerprint density at radius 3 is 2.52 bits per heavy atom. The predicted molar refractivity (Wildman–Crippen MR) is 97.6 cm³/mol. The lowest BCUT2D eigenvalue weighted by atomic mass is 9.74. The molecular weight excluding hydrogens is 318 g/mol. The van der Waals surface area contributed by atoms with Gasteiger partial charge in [0.25, 0.3) is 0 Å². The molecule has 0 saturated carbocycles. The van der Waals surface area contributed by atoms with Crippen molar-refractivity contribution in [3.8, 4) is 11.5 Å². The van der Waals surface area contributed by atoms with Crippen molar-refractivity contribution in [3.05, 3.63) is 18.2 Å². The van der Waals surface area contributed by atoms with E-state index in [9.17, 15) is 4.79 Å². The monoisotopic (exact) mass is 348 g/mol. The molecule has 25 heavy (non-hydrogen) atoms. The first kappa shape index (κ1) is 17.9. The van der Waals surface area contributed by atoms with Crippen LogP contribution in [0.15, 0.2) is 18.2 Å². The fourth-order valence-corrected chi connectivity index (χ4v) is 4.40. The number of amides is 2. The van der Waals surface area contributed by atoms with Gasteiger partial charge in [-0.1, -0.05) is 6.92 Å². The highest BCUT2D eigenvalue weighted by atomic mass is 16.5. The van der Waals surface area contributed by atoms with E-state index in [0.717, 1.165) is 18.4 Å². The highest BCUT2D eigenvalue weighted by Gasteiger charge is 2.42. The molecule has 6 nitrogen and oxygen atoms in total. The molecule has 3 N–H and O–H groups in total. The van der Waals surface area contributed by atoms with Crippen molar-refractivity contribution in [2.45, 2.75) is 32.2 Å². The Morgan fingerprint density at radius 1 is 1.24 bits per heavy atom. The molecule has 138 valence electrons. The van der Waals surface area contributed by atoms with Crippen LogP contribution < -0.4 is 25.0 Å². The van der Waals surface area contributed by atoms with Gasteiger partial charge in [0.15, 0.2) is 0 Å². The number of hydrogen-bond donors (Lipinski definition) is 3. The summed E-state index contributed by atoms with van der Waals surface area (Å²) in [5.41, 5.74) is 0.664. The molecule has 3 saturated heterocycles. The minimum atomic E-state index is -0.176. The fraction of sp³-hybridized carbons (Fsp3) is 0.632. The van der Waals surface area contributed by atoms with E-state index in [2.05, 4.69) is 17.6 Å². The van der Waals surface area contributed by atoms with Crippen LogP contribution >= 0.6 is 0 Å². The van der Waals surface area contributed by atoms with Gasteiger partial charge in [-0.3, -0.25) is 0 Å². The lowest BCUT2D eigenvalue weighted by Gasteiger charge is -2.46. The third kappa shape index (κ3) is 4.18. The van der Waals surface area contributed by atoms with Gasteiger partial charge in [0, 0.05) is 42.6 Å². The van der Waals surface area contributed by atoms with Gasteiger partial charge in [-0.15, -0.1) is 0 Å². The van der Waals surface area contributed by atoms with Crippen LogP contribution in [-0.4, -0.2) is 45.9 Å². The van der Waals surface area contributed by atoms with Crippen LogP contribution in [0, 0.1) is 11.8 Å². The number of rotatable bonds is 6. The Labute approximate surface area is 149 Å². The SMILES string of the molecule is CC[C@H]1C[NH+]2CC[C@H]1C[C@@H]2CNC(=O)Nc1cc(OC)cc(OC)c1. The van der Waals surface area contributed by atoms with Crippen LogP contribution in [0.4, 0.5) is 10.5 Å². The number of carbonyl (C=O) groups is 1. The van der Waals surface area contributed by atoms with E-state index in [1.165, 1.54) is 32.4 Å².